The van der Waals surface area contributed by atoms with Crippen molar-refractivity contribution in [3.8, 4) is 0 Å². The number of halogens is 4. The van der Waals surface area contributed by atoms with E-state index in [-0.39, 0.29) is 10.9 Å². The highest BCUT2D eigenvalue weighted by Crippen LogP contribution is 2.49. The van der Waals surface area contributed by atoms with Crippen LogP contribution in [0.25, 0.3) is 0 Å². The molecule has 2 aliphatic rings. The predicted octanol–water partition coefficient (Wildman–Crippen LogP) is 6.03. The molecule has 0 aromatic heterocycles. The molecule has 0 spiro atoms. The number of carboxylic acids is 1. The maximum Gasteiger partial charge on any atom is 0.442 e. The Hall–Kier alpha value is -2.03. The average molecular weight is 403 g/mol. The van der Waals surface area contributed by atoms with Gasteiger partial charge >= 0.3 is 17.8 Å². The minimum atomic E-state index is -4.88. The second-order valence-corrected chi connectivity index (χ2v) is 7.33. The molecule has 1 heterocycles. The molecule has 1 aliphatic carbocycles. The molecule has 1 atom stereocenters. The van der Waals surface area contributed by atoms with E-state index in [9.17, 15) is 23.1 Å². The number of hydrogen-bond acceptors (Lipinski definition) is 5. The van der Waals surface area contributed by atoms with Gasteiger partial charge in [0, 0.05) is 10.6 Å². The zero-order valence-corrected chi connectivity index (χ0v) is 15.0. The second kappa shape index (κ2) is 7.53. The largest absolute Gasteiger partial charge is 0.481 e. The van der Waals surface area contributed by atoms with Crippen molar-refractivity contribution in [2.45, 2.75) is 56.3 Å². The monoisotopic (exact) mass is 402 g/mol. The summed E-state index contributed by atoms with van der Waals surface area (Å²) in [7, 11) is 0. The normalized spacial score (nSPS) is 20.7. The molecule has 27 heavy (non-hydrogen) atoms. The van der Waals surface area contributed by atoms with Crippen molar-refractivity contribution in [1.82, 2.24) is 0 Å². The zero-order valence-electron chi connectivity index (χ0n) is 14.3. The van der Waals surface area contributed by atoms with Crippen LogP contribution in [0.5, 0.6) is 0 Å². The molecule has 0 radical (unpaired) electrons. The van der Waals surface area contributed by atoms with Crippen molar-refractivity contribution in [2.24, 2.45) is 26.6 Å². The molecule has 1 unspecified atom stereocenters. The van der Waals surface area contributed by atoms with Gasteiger partial charge in [0.05, 0.1) is 5.92 Å². The van der Waals surface area contributed by atoms with E-state index in [1.54, 1.807) is 0 Å². The lowest BCUT2D eigenvalue weighted by atomic mass is 9.80. The van der Waals surface area contributed by atoms with Crippen LogP contribution >= 0.6 is 11.6 Å². The van der Waals surface area contributed by atoms with Crippen molar-refractivity contribution in [2.75, 3.05) is 0 Å². The molecule has 6 nitrogen and oxygen atoms in total. The van der Waals surface area contributed by atoms with Crippen LogP contribution in [-0.2, 0) is 10.5 Å². The van der Waals surface area contributed by atoms with Gasteiger partial charge in [0.15, 0.2) is 0 Å². The summed E-state index contributed by atoms with van der Waals surface area (Å²) >= 11 is 6.10. The molecule has 1 saturated carbocycles. The number of hydrogen-bond donors (Lipinski definition) is 1. The van der Waals surface area contributed by atoms with E-state index in [1.807, 2.05) is 0 Å². The number of rotatable bonds is 5. The number of alkyl halides is 3. The first-order valence-electron chi connectivity index (χ1n) is 8.68. The summed E-state index contributed by atoms with van der Waals surface area (Å²) in [6.07, 6.45) is 0.783. The Morgan fingerprint density at radius 3 is 2.37 bits per heavy atom. The fourth-order valence-corrected chi connectivity index (χ4v) is 4.05. The number of aliphatic carboxylic acids is 1. The lowest BCUT2D eigenvalue weighted by molar-refractivity contribution is -0.187. The Balaban J connectivity index is 1.91. The summed E-state index contributed by atoms with van der Waals surface area (Å²) in [6.45, 7) is 0. The highest BCUT2D eigenvalue weighted by Gasteiger charge is 2.61. The van der Waals surface area contributed by atoms with Crippen molar-refractivity contribution in [3.05, 3.63) is 34.3 Å². The number of carbonyl (C=O) groups is 1. The van der Waals surface area contributed by atoms with Gasteiger partial charge < -0.3 is 5.11 Å². The van der Waals surface area contributed by atoms with Crippen LogP contribution in [0.3, 0.4) is 0 Å². The van der Waals surface area contributed by atoms with Crippen LogP contribution in [0.2, 0.25) is 5.02 Å². The van der Waals surface area contributed by atoms with Gasteiger partial charge in [-0.3, -0.25) is 4.79 Å². The molecule has 1 fully saturated rings. The van der Waals surface area contributed by atoms with Crippen LogP contribution in [0.4, 0.5) is 13.2 Å². The number of nitrogens with zero attached hydrogens (tertiary/aromatic N) is 4. The standard InChI is InChI=1S/C17H18ClF3N4O2/c18-14-9-11(12(15(26)27)8-10-4-2-1-3-5-10)6-7-13(14)16(17(19,20)21)22-24-25-23-16/h6-7,9-10,12H,1-5,8H2,(H,26,27). The summed E-state index contributed by atoms with van der Waals surface area (Å²) < 4.78 is 40.6. The molecule has 0 saturated heterocycles. The van der Waals surface area contributed by atoms with E-state index >= 15 is 0 Å². The minimum Gasteiger partial charge on any atom is -0.481 e. The van der Waals surface area contributed by atoms with Crippen molar-refractivity contribution < 1.29 is 23.1 Å². The molecule has 1 aliphatic heterocycles. The Morgan fingerprint density at radius 2 is 1.85 bits per heavy atom. The third-order valence-corrected chi connectivity index (χ3v) is 5.49. The van der Waals surface area contributed by atoms with E-state index in [1.165, 1.54) is 12.1 Å². The van der Waals surface area contributed by atoms with Gasteiger partial charge in [0.25, 0.3) is 0 Å². The smallest absolute Gasteiger partial charge is 0.442 e. The summed E-state index contributed by atoms with van der Waals surface area (Å²) in [6, 6.07) is 3.72. The lowest BCUT2D eigenvalue weighted by Gasteiger charge is -2.26. The van der Waals surface area contributed by atoms with E-state index in [0.29, 0.717) is 12.0 Å². The van der Waals surface area contributed by atoms with Gasteiger partial charge in [-0.05, 0) is 34.4 Å². The molecule has 10 heteroatoms. The molecule has 1 aromatic rings. The third-order valence-electron chi connectivity index (χ3n) is 5.18. The van der Waals surface area contributed by atoms with Crippen LogP contribution in [-0.4, -0.2) is 17.3 Å². The molecule has 1 N–H and O–H groups in total. The Bertz CT molecular complexity index is 764. The van der Waals surface area contributed by atoms with Crippen molar-refractivity contribution >= 4 is 17.6 Å². The van der Waals surface area contributed by atoms with Crippen molar-refractivity contribution in [1.29, 1.82) is 0 Å². The maximum absolute atomic E-state index is 13.5. The third kappa shape index (κ3) is 3.83. The Labute approximate surface area is 158 Å². The lowest BCUT2D eigenvalue weighted by Crippen LogP contribution is -2.37. The summed E-state index contributed by atoms with van der Waals surface area (Å²) in [5.41, 5.74) is -3.04. The quantitative estimate of drug-likeness (QED) is 0.652. The SMILES string of the molecule is O=C(O)C(CC1CCCCC1)c1ccc(C2(C(F)(F)F)N=NN=N2)c(Cl)c1. The van der Waals surface area contributed by atoms with Crippen LogP contribution < -0.4 is 0 Å². The molecule has 0 bridgehead atoms. The van der Waals surface area contributed by atoms with Gasteiger partial charge in [-0.2, -0.15) is 13.2 Å². The maximum atomic E-state index is 13.5. The van der Waals surface area contributed by atoms with Gasteiger partial charge in [-0.1, -0.05) is 55.8 Å². The highest BCUT2D eigenvalue weighted by atomic mass is 35.5. The van der Waals surface area contributed by atoms with Gasteiger partial charge in [-0.25, -0.2) is 0 Å². The zero-order chi connectivity index (χ0) is 19.7. The molecule has 146 valence electrons. The first-order chi connectivity index (χ1) is 12.7. The van der Waals surface area contributed by atoms with E-state index in [2.05, 4.69) is 20.7 Å². The van der Waals surface area contributed by atoms with Gasteiger partial charge in [0.2, 0.25) is 0 Å². The summed E-state index contributed by atoms with van der Waals surface area (Å²) in [5, 5.41) is 21.6. The highest BCUT2D eigenvalue weighted by molar-refractivity contribution is 6.31. The average Bonchev–Trinajstić information content (AvgIpc) is 3.11. The molecule has 3 rings (SSSR count). The second-order valence-electron chi connectivity index (χ2n) is 6.92. The Morgan fingerprint density at radius 1 is 1.22 bits per heavy atom. The van der Waals surface area contributed by atoms with Gasteiger partial charge in [-0.15, -0.1) is 10.2 Å². The number of benzene rings is 1. The first-order valence-corrected chi connectivity index (χ1v) is 9.06. The van der Waals surface area contributed by atoms with Gasteiger partial charge in [0.1, 0.15) is 0 Å². The molecule has 0 amide bonds. The topological polar surface area (TPSA) is 86.7 Å². The molecular weight excluding hydrogens is 385 g/mol. The van der Waals surface area contributed by atoms with Crippen LogP contribution in [0.1, 0.15) is 55.6 Å². The first kappa shape index (κ1) is 19.7. The molecule has 1 aromatic carbocycles. The fraction of sp³-hybridized carbons (Fsp3) is 0.588. The molecular formula is C17H18ClF3N4O2. The van der Waals surface area contributed by atoms with Crippen LogP contribution in [0, 0.1) is 5.92 Å². The van der Waals surface area contributed by atoms with Crippen molar-refractivity contribution in [3.63, 3.8) is 0 Å². The van der Waals surface area contributed by atoms with E-state index < -0.39 is 29.3 Å². The van der Waals surface area contributed by atoms with E-state index in [4.69, 9.17) is 11.6 Å². The number of carboxylic acid groups (broad SMARTS) is 1. The summed E-state index contributed by atoms with van der Waals surface area (Å²) in [5.74, 6) is -1.55. The predicted molar refractivity (Wildman–Crippen MR) is 90.5 cm³/mol. The van der Waals surface area contributed by atoms with Crippen LogP contribution in [0.15, 0.2) is 38.9 Å². The Kier molecular flexibility index (Phi) is 5.50. The van der Waals surface area contributed by atoms with E-state index in [0.717, 1.165) is 38.2 Å². The minimum absolute atomic E-state index is 0.264. The summed E-state index contributed by atoms with van der Waals surface area (Å²) in [4.78, 5) is 11.8. The fourth-order valence-electron chi connectivity index (χ4n) is 3.73.